The third kappa shape index (κ3) is 1.53. The highest BCUT2D eigenvalue weighted by Crippen LogP contribution is 2.46. The molecule has 2 unspecified atom stereocenters. The SMILES string of the molecule is CB(C)C[N+]1(F)C(F)=C(F)N(C)C1(C)F. The maximum absolute atomic E-state index is 14.1. The van der Waals surface area contributed by atoms with Crippen molar-refractivity contribution < 1.29 is 22.4 Å². The molecule has 2 atom stereocenters. The lowest BCUT2D eigenvalue weighted by atomic mass is 9.54. The van der Waals surface area contributed by atoms with Crippen molar-refractivity contribution in [2.75, 3.05) is 13.5 Å². The topological polar surface area (TPSA) is 3.24 Å². The van der Waals surface area contributed by atoms with Gasteiger partial charge in [0.15, 0.2) is 0 Å². The van der Waals surface area contributed by atoms with Crippen molar-refractivity contribution in [3.63, 3.8) is 0 Å². The number of hydrogen-bond donors (Lipinski definition) is 0. The average molecular weight is 225 g/mol. The van der Waals surface area contributed by atoms with Crippen molar-refractivity contribution in [3.8, 4) is 0 Å². The first-order valence-electron chi connectivity index (χ1n) is 4.71. The summed E-state index contributed by atoms with van der Waals surface area (Å²) in [5.41, 5.74) is 0. The Bertz CT molecular complexity index is 305. The molecule has 86 valence electrons. The Kier molecular flexibility index (Phi) is 2.80. The van der Waals surface area contributed by atoms with Gasteiger partial charge in [0.2, 0.25) is 6.71 Å². The van der Waals surface area contributed by atoms with E-state index in [0.29, 0.717) is 4.90 Å². The number of nitrogens with zero attached hydrogens (tertiary/aromatic N) is 2. The van der Waals surface area contributed by atoms with Gasteiger partial charge in [-0.1, -0.05) is 13.6 Å². The molecule has 0 fully saturated rings. The van der Waals surface area contributed by atoms with E-state index in [1.807, 2.05) is 0 Å². The number of hydrogen-bond acceptors (Lipinski definition) is 1. The summed E-state index contributed by atoms with van der Waals surface area (Å²) in [4.78, 5) is 0.338. The molecule has 1 aliphatic heterocycles. The Hall–Kier alpha value is -0.715. The Balaban J connectivity index is 3.16. The molecule has 0 bridgehead atoms. The summed E-state index contributed by atoms with van der Waals surface area (Å²) in [6, 6.07) is 0. The first kappa shape index (κ1) is 12.4. The Morgan fingerprint density at radius 3 is 2.13 bits per heavy atom. The van der Waals surface area contributed by atoms with Gasteiger partial charge in [0.1, 0.15) is 0 Å². The van der Waals surface area contributed by atoms with Crippen molar-refractivity contribution in [3.05, 3.63) is 11.9 Å². The van der Waals surface area contributed by atoms with Crippen LogP contribution >= 0.6 is 0 Å². The second kappa shape index (κ2) is 3.40. The minimum atomic E-state index is -2.74. The molecule has 15 heavy (non-hydrogen) atoms. The summed E-state index contributed by atoms with van der Waals surface area (Å²) in [6.45, 7) is 3.75. The lowest BCUT2D eigenvalue weighted by molar-refractivity contribution is -1.08. The number of alkyl halides is 1. The van der Waals surface area contributed by atoms with Crippen molar-refractivity contribution in [1.29, 1.82) is 0 Å². The third-order valence-corrected chi connectivity index (χ3v) is 2.65. The molecule has 0 aromatic heterocycles. The summed E-state index contributed by atoms with van der Waals surface area (Å²) in [5, 5.41) is 0. The van der Waals surface area contributed by atoms with Crippen LogP contribution < -0.4 is 0 Å². The van der Waals surface area contributed by atoms with Gasteiger partial charge >= 0.3 is 11.9 Å². The fourth-order valence-corrected chi connectivity index (χ4v) is 1.63. The Morgan fingerprint density at radius 2 is 1.87 bits per heavy atom. The molecule has 1 rings (SSSR count). The van der Waals surface area contributed by atoms with Crippen LogP contribution in [-0.2, 0) is 0 Å². The van der Waals surface area contributed by atoms with E-state index in [4.69, 9.17) is 0 Å². The molecule has 0 aliphatic carbocycles. The molecule has 0 aromatic rings. The molecule has 0 aromatic carbocycles. The molecular formula is C8H14BF4N2+. The molecule has 0 spiro atoms. The van der Waals surface area contributed by atoms with Crippen LogP contribution in [0.4, 0.5) is 17.7 Å². The van der Waals surface area contributed by atoms with Crippen LogP contribution in [0.3, 0.4) is 0 Å². The Labute approximate surface area is 86.7 Å². The first-order chi connectivity index (χ1) is 6.64. The summed E-state index contributed by atoms with van der Waals surface area (Å²) in [6.07, 6.45) is -0.448. The lowest BCUT2D eigenvalue weighted by Crippen LogP contribution is -2.58. The molecule has 0 saturated carbocycles. The van der Waals surface area contributed by atoms with Crippen LogP contribution in [0.1, 0.15) is 6.92 Å². The summed E-state index contributed by atoms with van der Waals surface area (Å²) in [5.74, 6) is -5.92. The summed E-state index contributed by atoms with van der Waals surface area (Å²) < 4.78 is 52.2. The van der Waals surface area contributed by atoms with Gasteiger partial charge in [-0.3, -0.25) is 4.90 Å². The second-order valence-corrected chi connectivity index (χ2v) is 4.34. The number of rotatable bonds is 2. The quantitative estimate of drug-likeness (QED) is 0.302. The number of halogens is 4. The zero-order valence-corrected chi connectivity index (χ0v) is 9.19. The highest BCUT2D eigenvalue weighted by molar-refractivity contribution is 6.55. The van der Waals surface area contributed by atoms with E-state index in [0.717, 1.165) is 14.0 Å². The van der Waals surface area contributed by atoms with E-state index in [9.17, 15) is 17.7 Å². The van der Waals surface area contributed by atoms with E-state index in [-0.39, 0.29) is 6.71 Å². The van der Waals surface area contributed by atoms with E-state index >= 15 is 0 Å². The van der Waals surface area contributed by atoms with Crippen LogP contribution in [-0.4, -0.2) is 35.7 Å². The lowest BCUT2D eigenvalue weighted by Gasteiger charge is -2.32. The maximum Gasteiger partial charge on any atom is 0.380 e. The zero-order valence-electron chi connectivity index (χ0n) is 9.19. The summed E-state index contributed by atoms with van der Waals surface area (Å²) in [7, 11) is 0.981. The highest BCUT2D eigenvalue weighted by Gasteiger charge is 2.66. The highest BCUT2D eigenvalue weighted by atomic mass is 19.2. The van der Waals surface area contributed by atoms with Crippen molar-refractivity contribution in [1.82, 2.24) is 4.90 Å². The Morgan fingerprint density at radius 1 is 1.40 bits per heavy atom. The molecule has 0 N–H and O–H groups in total. The molecule has 1 heterocycles. The van der Waals surface area contributed by atoms with E-state index in [2.05, 4.69) is 0 Å². The minimum absolute atomic E-state index is 0.296. The van der Waals surface area contributed by atoms with E-state index in [1.165, 1.54) is 0 Å². The molecule has 0 radical (unpaired) electrons. The van der Waals surface area contributed by atoms with Crippen LogP contribution in [0.15, 0.2) is 11.9 Å². The van der Waals surface area contributed by atoms with Crippen LogP contribution in [0.5, 0.6) is 0 Å². The van der Waals surface area contributed by atoms with Crippen molar-refractivity contribution >= 4 is 6.71 Å². The van der Waals surface area contributed by atoms with Crippen molar-refractivity contribution in [2.24, 2.45) is 0 Å². The van der Waals surface area contributed by atoms with Gasteiger partial charge in [-0.05, 0) is 4.71 Å². The fourth-order valence-electron chi connectivity index (χ4n) is 1.63. The fraction of sp³-hybridized carbons (Fsp3) is 0.750. The second-order valence-electron chi connectivity index (χ2n) is 4.34. The monoisotopic (exact) mass is 225 g/mol. The standard InChI is InChI=1S/C8H14BF4N2/c1-8(12)14(4)6(10)7(11)15(8,13)5-9(2)3/h5H2,1-4H3/q+1. The summed E-state index contributed by atoms with van der Waals surface area (Å²) >= 11 is 0. The van der Waals surface area contributed by atoms with Gasteiger partial charge in [-0.25, -0.2) is 0 Å². The largest absolute Gasteiger partial charge is 0.380 e. The van der Waals surface area contributed by atoms with E-state index in [1.54, 1.807) is 13.6 Å². The average Bonchev–Trinajstić information content (AvgIpc) is 2.20. The van der Waals surface area contributed by atoms with Gasteiger partial charge < -0.3 is 0 Å². The van der Waals surface area contributed by atoms with Crippen LogP contribution in [0, 0.1) is 0 Å². The van der Waals surface area contributed by atoms with Crippen LogP contribution in [0.25, 0.3) is 0 Å². The predicted molar refractivity (Wildman–Crippen MR) is 50.2 cm³/mol. The predicted octanol–water partition coefficient (Wildman–Crippen LogP) is 2.64. The molecule has 2 nitrogen and oxygen atoms in total. The van der Waals surface area contributed by atoms with Gasteiger partial charge in [0, 0.05) is 18.5 Å². The third-order valence-electron chi connectivity index (χ3n) is 2.65. The smallest absolute Gasteiger partial charge is 0.261 e. The first-order valence-corrected chi connectivity index (χ1v) is 4.71. The normalized spacial score (nSPS) is 36.4. The van der Waals surface area contributed by atoms with Gasteiger partial charge in [-0.15, -0.1) is 4.39 Å². The number of quaternary nitrogens is 1. The van der Waals surface area contributed by atoms with Gasteiger partial charge in [0.25, 0.3) is 5.95 Å². The molecular weight excluding hydrogens is 211 g/mol. The molecule has 7 heteroatoms. The van der Waals surface area contributed by atoms with E-state index < -0.39 is 29.0 Å². The molecule has 1 aliphatic rings. The van der Waals surface area contributed by atoms with Crippen molar-refractivity contribution in [2.45, 2.75) is 26.5 Å². The van der Waals surface area contributed by atoms with Gasteiger partial charge in [0.05, 0.1) is 6.44 Å². The minimum Gasteiger partial charge on any atom is -0.261 e. The molecule has 0 amide bonds. The van der Waals surface area contributed by atoms with Crippen LogP contribution in [0.2, 0.25) is 13.6 Å². The van der Waals surface area contributed by atoms with Gasteiger partial charge in [-0.2, -0.15) is 8.78 Å². The molecule has 0 saturated heterocycles. The maximum atomic E-state index is 14.1. The zero-order chi connectivity index (χ0) is 12.0.